The maximum Gasteiger partial charge on any atom is 0.00399 e. The van der Waals surface area contributed by atoms with E-state index in [1.807, 2.05) is 12.4 Å². The Labute approximate surface area is 92.5 Å². The van der Waals surface area contributed by atoms with Gasteiger partial charge in [0, 0.05) is 6.20 Å². The smallest absolute Gasteiger partial charge is 0.00399 e. The summed E-state index contributed by atoms with van der Waals surface area (Å²) in [6.45, 7) is 8.35. The Balaban J connectivity index is 2.71. The molecular formula is C14H19N. The molecule has 1 rings (SSSR count). The molecule has 1 N–H and O–H groups in total. The molecule has 0 saturated heterocycles. The molecule has 0 amide bonds. The highest BCUT2D eigenvalue weighted by Gasteiger charge is 1.93. The van der Waals surface area contributed by atoms with Crippen LogP contribution in [0, 0.1) is 6.92 Å². The maximum absolute atomic E-state index is 3.17. The van der Waals surface area contributed by atoms with E-state index in [-0.39, 0.29) is 0 Å². The van der Waals surface area contributed by atoms with Crippen molar-refractivity contribution in [3.8, 4) is 0 Å². The fourth-order valence-corrected chi connectivity index (χ4v) is 1.23. The first-order chi connectivity index (χ1) is 7.09. The monoisotopic (exact) mass is 201 g/mol. The van der Waals surface area contributed by atoms with Gasteiger partial charge in [0.2, 0.25) is 0 Å². The van der Waals surface area contributed by atoms with Gasteiger partial charge in [0.1, 0.15) is 0 Å². The van der Waals surface area contributed by atoms with Gasteiger partial charge >= 0.3 is 0 Å². The molecule has 0 heterocycles. The molecule has 1 aromatic rings. The Morgan fingerprint density at radius 2 is 1.60 bits per heavy atom. The van der Waals surface area contributed by atoms with Gasteiger partial charge in [0.15, 0.2) is 0 Å². The number of nitrogens with one attached hydrogen (secondary N) is 1. The minimum absolute atomic E-state index is 1.24. The molecule has 0 aliphatic heterocycles. The quantitative estimate of drug-likeness (QED) is 0.782. The number of hydrogen-bond acceptors (Lipinski definition) is 1. The molecule has 1 nitrogen and oxygen atoms in total. The van der Waals surface area contributed by atoms with Gasteiger partial charge in [-0.15, -0.1) is 0 Å². The molecule has 0 saturated carbocycles. The van der Waals surface area contributed by atoms with Gasteiger partial charge in [0.25, 0.3) is 0 Å². The van der Waals surface area contributed by atoms with Crippen LogP contribution in [0.2, 0.25) is 0 Å². The van der Waals surface area contributed by atoms with Crippen molar-refractivity contribution in [1.29, 1.82) is 0 Å². The lowest BCUT2D eigenvalue weighted by molar-refractivity contribution is 1.14. The van der Waals surface area contributed by atoms with Crippen LogP contribution in [-0.2, 0) is 0 Å². The molecule has 0 aromatic heterocycles. The van der Waals surface area contributed by atoms with Crippen molar-refractivity contribution < 1.29 is 0 Å². The number of allylic oxidation sites excluding steroid dienone is 2. The summed E-state index contributed by atoms with van der Waals surface area (Å²) in [4.78, 5) is 0. The molecule has 15 heavy (non-hydrogen) atoms. The first-order valence-electron chi connectivity index (χ1n) is 5.23. The first kappa shape index (κ1) is 11.6. The van der Waals surface area contributed by atoms with E-state index < -0.39 is 0 Å². The SMILES string of the molecule is CC(C)=CN/C=C(\C)c1ccc(C)cc1. The summed E-state index contributed by atoms with van der Waals surface area (Å²) < 4.78 is 0. The lowest BCUT2D eigenvalue weighted by Gasteiger charge is -2.02. The van der Waals surface area contributed by atoms with E-state index in [1.54, 1.807) is 0 Å². The van der Waals surface area contributed by atoms with Crippen molar-refractivity contribution in [3.05, 3.63) is 53.4 Å². The van der Waals surface area contributed by atoms with E-state index in [4.69, 9.17) is 0 Å². The Bertz CT molecular complexity index is 365. The number of benzene rings is 1. The average molecular weight is 201 g/mol. The third-order valence-electron chi connectivity index (χ3n) is 2.18. The summed E-state index contributed by atoms with van der Waals surface area (Å²) in [5.41, 5.74) is 5.06. The normalized spacial score (nSPS) is 11.1. The molecule has 0 aliphatic rings. The Morgan fingerprint density at radius 3 is 2.13 bits per heavy atom. The lowest BCUT2D eigenvalue weighted by atomic mass is 10.1. The average Bonchev–Trinajstić information content (AvgIpc) is 2.18. The number of hydrogen-bond donors (Lipinski definition) is 1. The molecule has 0 spiro atoms. The Hall–Kier alpha value is -1.50. The molecule has 0 atom stereocenters. The summed E-state index contributed by atoms with van der Waals surface area (Å²) in [7, 11) is 0. The van der Waals surface area contributed by atoms with Crippen LogP contribution >= 0.6 is 0 Å². The second-order valence-corrected chi connectivity index (χ2v) is 4.08. The second-order valence-electron chi connectivity index (χ2n) is 4.08. The van der Waals surface area contributed by atoms with Crippen molar-refractivity contribution in [3.63, 3.8) is 0 Å². The van der Waals surface area contributed by atoms with Crippen LogP contribution in [0.5, 0.6) is 0 Å². The van der Waals surface area contributed by atoms with Crippen molar-refractivity contribution >= 4 is 5.57 Å². The van der Waals surface area contributed by atoms with E-state index in [2.05, 4.69) is 57.3 Å². The van der Waals surface area contributed by atoms with Crippen LogP contribution in [0.1, 0.15) is 31.9 Å². The molecule has 80 valence electrons. The summed E-state index contributed by atoms with van der Waals surface area (Å²) in [6, 6.07) is 8.55. The fraction of sp³-hybridized carbons (Fsp3) is 0.286. The molecule has 0 aliphatic carbocycles. The van der Waals surface area contributed by atoms with Crippen LogP contribution in [-0.4, -0.2) is 0 Å². The molecular weight excluding hydrogens is 182 g/mol. The van der Waals surface area contributed by atoms with Crippen LogP contribution in [0.4, 0.5) is 0 Å². The van der Waals surface area contributed by atoms with Crippen LogP contribution in [0.15, 0.2) is 42.2 Å². The zero-order valence-corrected chi connectivity index (χ0v) is 9.96. The van der Waals surface area contributed by atoms with E-state index >= 15 is 0 Å². The molecule has 1 heteroatoms. The van der Waals surface area contributed by atoms with Gasteiger partial charge in [-0.25, -0.2) is 0 Å². The number of aryl methyl sites for hydroxylation is 1. The number of rotatable bonds is 3. The summed E-state index contributed by atoms with van der Waals surface area (Å²) in [6.07, 6.45) is 4.02. The van der Waals surface area contributed by atoms with Crippen molar-refractivity contribution in [1.82, 2.24) is 5.32 Å². The van der Waals surface area contributed by atoms with Crippen molar-refractivity contribution in [2.24, 2.45) is 0 Å². The predicted molar refractivity (Wildman–Crippen MR) is 67.4 cm³/mol. The first-order valence-corrected chi connectivity index (χ1v) is 5.23. The minimum Gasteiger partial charge on any atom is -0.367 e. The Morgan fingerprint density at radius 1 is 1.00 bits per heavy atom. The van der Waals surface area contributed by atoms with E-state index in [0.717, 1.165) is 0 Å². The lowest BCUT2D eigenvalue weighted by Crippen LogP contribution is -1.95. The summed E-state index contributed by atoms with van der Waals surface area (Å²) >= 11 is 0. The summed E-state index contributed by atoms with van der Waals surface area (Å²) in [5.74, 6) is 0. The zero-order chi connectivity index (χ0) is 11.3. The Kier molecular flexibility index (Phi) is 4.17. The van der Waals surface area contributed by atoms with Gasteiger partial charge in [-0.2, -0.15) is 0 Å². The highest BCUT2D eigenvalue weighted by molar-refractivity contribution is 5.63. The van der Waals surface area contributed by atoms with Crippen LogP contribution in [0.3, 0.4) is 0 Å². The minimum atomic E-state index is 1.24. The van der Waals surface area contributed by atoms with Gasteiger partial charge in [0.05, 0.1) is 0 Å². The largest absolute Gasteiger partial charge is 0.367 e. The van der Waals surface area contributed by atoms with Gasteiger partial charge in [-0.3, -0.25) is 0 Å². The molecule has 0 radical (unpaired) electrons. The second kappa shape index (κ2) is 5.40. The third-order valence-corrected chi connectivity index (χ3v) is 2.18. The summed E-state index contributed by atoms with van der Waals surface area (Å²) in [5, 5.41) is 3.17. The highest BCUT2D eigenvalue weighted by Crippen LogP contribution is 2.13. The van der Waals surface area contributed by atoms with E-state index in [0.29, 0.717) is 0 Å². The maximum atomic E-state index is 3.17. The van der Waals surface area contributed by atoms with Crippen molar-refractivity contribution in [2.75, 3.05) is 0 Å². The molecule has 0 bridgehead atoms. The fourth-order valence-electron chi connectivity index (χ4n) is 1.23. The van der Waals surface area contributed by atoms with Gasteiger partial charge in [-0.1, -0.05) is 35.4 Å². The van der Waals surface area contributed by atoms with E-state index in [9.17, 15) is 0 Å². The van der Waals surface area contributed by atoms with Crippen molar-refractivity contribution in [2.45, 2.75) is 27.7 Å². The standard InChI is InChI=1S/C14H19N/c1-11(2)9-15-10-13(4)14-7-5-12(3)6-8-14/h5-10,15H,1-4H3/b13-10+. The topological polar surface area (TPSA) is 12.0 Å². The van der Waals surface area contributed by atoms with Crippen LogP contribution < -0.4 is 5.32 Å². The van der Waals surface area contributed by atoms with Crippen LogP contribution in [0.25, 0.3) is 5.57 Å². The molecule has 0 fully saturated rings. The molecule has 0 unspecified atom stereocenters. The van der Waals surface area contributed by atoms with Gasteiger partial charge in [-0.05, 0) is 45.0 Å². The molecule has 1 aromatic carbocycles. The third kappa shape index (κ3) is 4.03. The zero-order valence-electron chi connectivity index (χ0n) is 9.96. The predicted octanol–water partition coefficient (Wildman–Crippen LogP) is 3.87. The van der Waals surface area contributed by atoms with Gasteiger partial charge < -0.3 is 5.32 Å². The van der Waals surface area contributed by atoms with E-state index in [1.165, 1.54) is 22.3 Å². The highest BCUT2D eigenvalue weighted by atomic mass is 14.8.